The van der Waals surface area contributed by atoms with Crippen molar-refractivity contribution in [1.29, 1.82) is 0 Å². The van der Waals surface area contributed by atoms with Gasteiger partial charge in [-0.05, 0) is 39.0 Å². The second-order valence-electron chi connectivity index (χ2n) is 7.02. The Labute approximate surface area is 176 Å². The van der Waals surface area contributed by atoms with Gasteiger partial charge in [0.25, 0.3) is 0 Å². The van der Waals surface area contributed by atoms with Crippen LogP contribution in [0, 0.1) is 5.92 Å². The number of hydrogen-bond acceptors (Lipinski definition) is 3. The predicted octanol–water partition coefficient (Wildman–Crippen LogP) is 2.79. The maximum Gasteiger partial charge on any atom is 0.243 e. The van der Waals surface area contributed by atoms with Crippen LogP contribution in [0.15, 0.2) is 17.1 Å². The van der Waals surface area contributed by atoms with Crippen LogP contribution in [-0.2, 0) is 9.53 Å². The van der Waals surface area contributed by atoms with Gasteiger partial charge in [-0.3, -0.25) is 4.79 Å². The third kappa shape index (κ3) is 10.4. The smallest absolute Gasteiger partial charge is 0.243 e. The number of ether oxygens (including phenoxy) is 1. The van der Waals surface area contributed by atoms with E-state index in [4.69, 9.17) is 4.74 Å². The van der Waals surface area contributed by atoms with Gasteiger partial charge >= 0.3 is 0 Å². The summed E-state index contributed by atoms with van der Waals surface area (Å²) >= 11 is 0. The standard InChI is InChI=1S/C19H36N4O2.HI/c1-6-25-17(16-9-7-8-10-16)11-12-20-19(21-13-15(2)3)22-14-18(24)23(4)5;/h16-17H,2,6-14H2,1,3-5H3,(H2,20,21,22);1H. The molecule has 0 radical (unpaired) electrons. The molecule has 1 amide bonds. The number of guanidine groups is 1. The van der Waals surface area contributed by atoms with Crippen LogP contribution in [0.25, 0.3) is 0 Å². The highest BCUT2D eigenvalue weighted by molar-refractivity contribution is 14.0. The lowest BCUT2D eigenvalue weighted by Crippen LogP contribution is -2.41. The van der Waals surface area contributed by atoms with Gasteiger partial charge in [-0.15, -0.1) is 24.0 Å². The zero-order chi connectivity index (χ0) is 18.7. The number of halogens is 1. The van der Waals surface area contributed by atoms with Gasteiger partial charge < -0.3 is 20.3 Å². The minimum atomic E-state index is -0.0189. The molecule has 1 unspecified atom stereocenters. The van der Waals surface area contributed by atoms with Gasteiger partial charge in [0.05, 0.1) is 6.10 Å². The van der Waals surface area contributed by atoms with Crippen LogP contribution in [-0.4, -0.2) is 63.2 Å². The number of hydrogen-bond donors (Lipinski definition) is 2. The predicted molar refractivity (Wildman–Crippen MR) is 119 cm³/mol. The molecule has 0 bridgehead atoms. The molecule has 6 nitrogen and oxygen atoms in total. The Hall–Kier alpha value is -0.830. The van der Waals surface area contributed by atoms with E-state index < -0.39 is 0 Å². The molecule has 1 saturated carbocycles. The molecule has 0 spiro atoms. The molecular weight excluding hydrogens is 443 g/mol. The van der Waals surface area contributed by atoms with Crippen molar-refractivity contribution in [2.45, 2.75) is 52.1 Å². The molecule has 152 valence electrons. The van der Waals surface area contributed by atoms with Crippen LogP contribution in [0.5, 0.6) is 0 Å². The summed E-state index contributed by atoms with van der Waals surface area (Å²) in [5.74, 6) is 1.32. The molecule has 1 aliphatic carbocycles. The lowest BCUT2D eigenvalue weighted by molar-refractivity contribution is -0.127. The van der Waals surface area contributed by atoms with Crippen molar-refractivity contribution >= 4 is 35.8 Å². The summed E-state index contributed by atoms with van der Waals surface area (Å²) in [6.45, 7) is 10.2. The summed E-state index contributed by atoms with van der Waals surface area (Å²) in [7, 11) is 3.47. The Balaban J connectivity index is 0.00000625. The number of nitrogens with zero attached hydrogens (tertiary/aromatic N) is 2. The van der Waals surface area contributed by atoms with E-state index >= 15 is 0 Å². The van der Waals surface area contributed by atoms with E-state index in [2.05, 4.69) is 29.1 Å². The monoisotopic (exact) mass is 480 g/mol. The van der Waals surface area contributed by atoms with E-state index in [9.17, 15) is 4.79 Å². The maximum absolute atomic E-state index is 11.8. The van der Waals surface area contributed by atoms with E-state index in [-0.39, 0.29) is 36.4 Å². The lowest BCUT2D eigenvalue weighted by Gasteiger charge is -2.24. The minimum absolute atomic E-state index is 0. The summed E-state index contributed by atoms with van der Waals surface area (Å²) in [6, 6.07) is 0. The fraction of sp³-hybridized carbons (Fsp3) is 0.789. The Morgan fingerprint density at radius 1 is 1.31 bits per heavy atom. The Morgan fingerprint density at radius 2 is 1.96 bits per heavy atom. The number of likely N-dealkylation sites (N-methyl/N-ethyl adjacent to an activating group) is 1. The summed E-state index contributed by atoms with van der Waals surface area (Å²) in [5.41, 5.74) is 1.02. The first-order valence-corrected chi connectivity index (χ1v) is 9.42. The summed E-state index contributed by atoms with van der Waals surface area (Å²) in [6.07, 6.45) is 6.45. The molecule has 0 aromatic carbocycles. The normalized spacial score (nSPS) is 15.9. The maximum atomic E-state index is 11.8. The molecular formula is C19H37IN4O2. The second-order valence-corrected chi connectivity index (χ2v) is 7.02. The van der Waals surface area contributed by atoms with Crippen LogP contribution in [0.2, 0.25) is 0 Å². The number of rotatable bonds is 10. The molecule has 26 heavy (non-hydrogen) atoms. The van der Waals surface area contributed by atoms with Gasteiger partial charge in [0.2, 0.25) is 5.91 Å². The van der Waals surface area contributed by atoms with Crippen molar-refractivity contribution < 1.29 is 9.53 Å². The zero-order valence-electron chi connectivity index (χ0n) is 16.8. The van der Waals surface area contributed by atoms with Crippen molar-refractivity contribution in [2.24, 2.45) is 10.9 Å². The largest absolute Gasteiger partial charge is 0.378 e. The van der Waals surface area contributed by atoms with E-state index in [1.165, 1.54) is 25.7 Å². The summed E-state index contributed by atoms with van der Waals surface area (Å²) < 4.78 is 5.96. The third-order valence-electron chi connectivity index (χ3n) is 4.46. The quantitative estimate of drug-likeness (QED) is 0.219. The van der Waals surface area contributed by atoms with E-state index in [0.717, 1.165) is 25.1 Å². The molecule has 7 heteroatoms. The third-order valence-corrected chi connectivity index (χ3v) is 4.46. The van der Waals surface area contributed by atoms with Gasteiger partial charge in [-0.25, -0.2) is 4.99 Å². The van der Waals surface area contributed by atoms with Crippen molar-refractivity contribution in [3.05, 3.63) is 12.2 Å². The van der Waals surface area contributed by atoms with Crippen LogP contribution in [0.1, 0.15) is 46.0 Å². The van der Waals surface area contributed by atoms with Gasteiger partial charge in [-0.1, -0.05) is 25.0 Å². The topological polar surface area (TPSA) is 66.0 Å². The fourth-order valence-electron chi connectivity index (χ4n) is 3.03. The average Bonchev–Trinajstić information content (AvgIpc) is 3.09. The number of amides is 1. The lowest BCUT2D eigenvalue weighted by atomic mass is 9.98. The number of carbonyl (C=O) groups excluding carboxylic acids is 1. The number of carbonyl (C=O) groups is 1. The first kappa shape index (κ1) is 25.2. The molecule has 2 N–H and O–H groups in total. The molecule has 1 fully saturated rings. The first-order valence-electron chi connectivity index (χ1n) is 9.42. The van der Waals surface area contributed by atoms with Crippen molar-refractivity contribution in [1.82, 2.24) is 15.5 Å². The molecule has 1 rings (SSSR count). The van der Waals surface area contributed by atoms with E-state index in [1.807, 2.05) is 6.92 Å². The Morgan fingerprint density at radius 3 is 2.50 bits per heavy atom. The molecule has 0 aliphatic heterocycles. The van der Waals surface area contributed by atoms with E-state index in [1.54, 1.807) is 19.0 Å². The molecule has 0 saturated heterocycles. The second kappa shape index (κ2) is 14.3. The Kier molecular flexibility index (Phi) is 13.8. The highest BCUT2D eigenvalue weighted by Gasteiger charge is 2.25. The highest BCUT2D eigenvalue weighted by Crippen LogP contribution is 2.30. The van der Waals surface area contributed by atoms with Gasteiger partial charge in [0.1, 0.15) is 6.54 Å². The van der Waals surface area contributed by atoms with Crippen LogP contribution >= 0.6 is 24.0 Å². The first-order chi connectivity index (χ1) is 11.9. The molecule has 0 aromatic heterocycles. The number of aliphatic imine (C=N–C) groups is 1. The fourth-order valence-corrected chi connectivity index (χ4v) is 3.03. The van der Waals surface area contributed by atoms with Crippen molar-refractivity contribution in [3.8, 4) is 0 Å². The Bertz CT molecular complexity index is 449. The van der Waals surface area contributed by atoms with Crippen molar-refractivity contribution in [3.63, 3.8) is 0 Å². The minimum Gasteiger partial charge on any atom is -0.378 e. The summed E-state index contributed by atoms with van der Waals surface area (Å²) in [4.78, 5) is 17.7. The number of nitrogens with one attached hydrogen (secondary N) is 2. The molecule has 0 heterocycles. The van der Waals surface area contributed by atoms with E-state index in [0.29, 0.717) is 24.5 Å². The SMILES string of the molecule is C=C(C)CNC(=NCC(=O)N(C)C)NCCC(OCC)C1CCCC1.I. The zero-order valence-corrected chi connectivity index (χ0v) is 19.2. The van der Waals surface area contributed by atoms with Crippen LogP contribution in [0.3, 0.4) is 0 Å². The van der Waals surface area contributed by atoms with Crippen molar-refractivity contribution in [2.75, 3.05) is 40.3 Å². The van der Waals surface area contributed by atoms with Gasteiger partial charge in [-0.2, -0.15) is 0 Å². The van der Waals surface area contributed by atoms with Crippen LogP contribution < -0.4 is 10.6 Å². The van der Waals surface area contributed by atoms with Gasteiger partial charge in [0.15, 0.2) is 5.96 Å². The van der Waals surface area contributed by atoms with Crippen LogP contribution in [0.4, 0.5) is 0 Å². The molecule has 0 aromatic rings. The summed E-state index contributed by atoms with van der Waals surface area (Å²) in [5, 5.41) is 6.55. The molecule has 1 atom stereocenters. The highest BCUT2D eigenvalue weighted by atomic mass is 127. The average molecular weight is 480 g/mol. The molecule has 1 aliphatic rings. The van der Waals surface area contributed by atoms with Gasteiger partial charge in [0, 0.05) is 33.8 Å².